The monoisotopic (exact) mass is 552 g/mol. The van der Waals surface area contributed by atoms with Crippen LogP contribution >= 0.6 is 0 Å². The van der Waals surface area contributed by atoms with Gasteiger partial charge in [0.25, 0.3) is 0 Å². The number of carboxylic acid groups (broad SMARTS) is 3. The molecule has 0 spiro atoms. The number of piperidine rings is 1. The van der Waals surface area contributed by atoms with Crippen LogP contribution in [-0.4, -0.2) is 97.1 Å². The summed E-state index contributed by atoms with van der Waals surface area (Å²) in [5.74, 6) is -5.29. The average molecular weight is 553 g/mol. The standard InChI is InChI=1S/C22H33FN2O.C6H8O7/c1-21(2,15-24-11-5-6-12-24)16-25-17-9-10-18(25)14-22(26,13-17)19-7-3-4-8-20(19)23;7-3(8)1-6(13,5(11)12)2-4(9)10/h3-4,7-8,17-18,26H,5-6,9-16H2,1-2H3;13H,1-2H2,(H,7,8)(H,9,10)(H,11,12). The number of aliphatic carboxylic acids is 3. The first-order chi connectivity index (χ1) is 18.1. The largest absolute Gasteiger partial charge is 0.481 e. The van der Waals surface area contributed by atoms with E-state index in [1.54, 1.807) is 12.1 Å². The van der Waals surface area contributed by atoms with Gasteiger partial charge >= 0.3 is 17.9 Å². The van der Waals surface area contributed by atoms with E-state index in [0.717, 1.165) is 25.9 Å². The van der Waals surface area contributed by atoms with Gasteiger partial charge in [-0.05, 0) is 63.1 Å². The molecule has 0 saturated carbocycles. The Morgan fingerprint density at radius 3 is 1.92 bits per heavy atom. The maximum absolute atomic E-state index is 14.3. The van der Waals surface area contributed by atoms with Crippen molar-refractivity contribution in [3.63, 3.8) is 0 Å². The van der Waals surface area contributed by atoms with Gasteiger partial charge in [-0.1, -0.05) is 32.0 Å². The van der Waals surface area contributed by atoms with Crippen molar-refractivity contribution in [1.29, 1.82) is 0 Å². The summed E-state index contributed by atoms with van der Waals surface area (Å²) in [5.41, 5.74) is -3.00. The van der Waals surface area contributed by atoms with Crippen LogP contribution in [0, 0.1) is 11.2 Å². The highest BCUT2D eigenvalue weighted by Gasteiger charge is 2.50. The second-order valence-electron chi connectivity index (χ2n) is 12.1. The van der Waals surface area contributed by atoms with E-state index in [1.165, 1.54) is 32.0 Å². The van der Waals surface area contributed by atoms with Crippen molar-refractivity contribution >= 4 is 17.9 Å². The molecule has 3 heterocycles. The minimum Gasteiger partial charge on any atom is -0.481 e. The Labute approximate surface area is 228 Å². The SMILES string of the molecule is CC(C)(CN1CCCC1)CN1C2CCC1CC(O)(c1ccccc1F)C2.O=C(O)CC(O)(CC(=O)O)C(=O)O. The highest BCUT2D eigenvalue weighted by molar-refractivity contribution is 5.88. The predicted octanol–water partition coefficient (Wildman–Crippen LogP) is 2.51. The molecule has 11 heteroatoms. The molecule has 5 N–H and O–H groups in total. The zero-order chi connectivity index (χ0) is 29.0. The molecule has 1 aromatic rings. The van der Waals surface area contributed by atoms with E-state index < -0.39 is 42.0 Å². The lowest BCUT2D eigenvalue weighted by Crippen LogP contribution is -2.53. The van der Waals surface area contributed by atoms with Crippen molar-refractivity contribution < 1.29 is 44.3 Å². The first-order valence-corrected chi connectivity index (χ1v) is 13.5. The normalized spacial score (nSPS) is 25.7. The van der Waals surface area contributed by atoms with Gasteiger partial charge in [0.2, 0.25) is 0 Å². The van der Waals surface area contributed by atoms with Crippen molar-refractivity contribution in [3.8, 4) is 0 Å². The van der Waals surface area contributed by atoms with Crippen LogP contribution in [0.25, 0.3) is 0 Å². The van der Waals surface area contributed by atoms with Crippen LogP contribution in [0.3, 0.4) is 0 Å². The van der Waals surface area contributed by atoms with Crippen molar-refractivity contribution in [3.05, 3.63) is 35.6 Å². The van der Waals surface area contributed by atoms with Crippen LogP contribution in [0.15, 0.2) is 24.3 Å². The number of rotatable bonds is 10. The van der Waals surface area contributed by atoms with Gasteiger partial charge < -0.3 is 30.4 Å². The molecule has 3 aliphatic heterocycles. The van der Waals surface area contributed by atoms with Crippen molar-refractivity contribution in [2.75, 3.05) is 26.2 Å². The molecule has 0 amide bonds. The van der Waals surface area contributed by atoms with Gasteiger partial charge in [0, 0.05) is 30.7 Å². The molecule has 39 heavy (non-hydrogen) atoms. The minimum absolute atomic E-state index is 0.249. The Morgan fingerprint density at radius 2 is 1.46 bits per heavy atom. The molecule has 218 valence electrons. The van der Waals surface area contributed by atoms with Gasteiger partial charge in [0.05, 0.1) is 18.4 Å². The fraction of sp³-hybridized carbons (Fsp3) is 0.679. The van der Waals surface area contributed by atoms with Crippen LogP contribution in [0.4, 0.5) is 4.39 Å². The van der Waals surface area contributed by atoms with Crippen molar-refractivity contribution in [2.45, 2.75) is 88.5 Å². The van der Waals surface area contributed by atoms with Gasteiger partial charge in [0.15, 0.2) is 5.60 Å². The molecule has 0 aromatic heterocycles. The fourth-order valence-electron chi connectivity index (χ4n) is 6.44. The summed E-state index contributed by atoms with van der Waals surface area (Å²) in [6, 6.07) is 7.52. The van der Waals surface area contributed by atoms with E-state index in [0.29, 0.717) is 30.5 Å². The molecule has 10 nitrogen and oxygen atoms in total. The summed E-state index contributed by atoms with van der Waals surface area (Å²) in [5, 5.41) is 45.1. The molecule has 3 saturated heterocycles. The molecule has 2 atom stereocenters. The van der Waals surface area contributed by atoms with Crippen LogP contribution < -0.4 is 0 Å². The number of halogens is 1. The number of fused-ring (bicyclic) bond motifs is 2. The number of aliphatic hydroxyl groups is 2. The van der Waals surface area contributed by atoms with Gasteiger partial charge in [-0.3, -0.25) is 14.5 Å². The van der Waals surface area contributed by atoms with E-state index in [1.807, 2.05) is 6.07 Å². The van der Waals surface area contributed by atoms with E-state index in [4.69, 9.17) is 20.4 Å². The second kappa shape index (κ2) is 12.3. The highest BCUT2D eigenvalue weighted by Crippen LogP contribution is 2.47. The number of carboxylic acids is 3. The molecule has 2 bridgehead atoms. The molecule has 3 fully saturated rings. The maximum atomic E-state index is 14.3. The Balaban J connectivity index is 0.000000276. The molecule has 0 radical (unpaired) electrons. The lowest BCUT2D eigenvalue weighted by atomic mass is 9.79. The summed E-state index contributed by atoms with van der Waals surface area (Å²) >= 11 is 0. The van der Waals surface area contributed by atoms with E-state index >= 15 is 0 Å². The third-order valence-corrected chi connectivity index (χ3v) is 8.04. The zero-order valence-electron chi connectivity index (χ0n) is 22.7. The molecule has 1 aromatic carbocycles. The number of carbonyl (C=O) groups is 3. The van der Waals surface area contributed by atoms with E-state index in [2.05, 4.69) is 23.6 Å². The summed E-state index contributed by atoms with van der Waals surface area (Å²) in [6.45, 7) is 9.46. The zero-order valence-corrected chi connectivity index (χ0v) is 22.7. The Kier molecular flexibility index (Phi) is 9.74. The molecule has 0 aliphatic carbocycles. The third-order valence-electron chi connectivity index (χ3n) is 8.04. The topological polar surface area (TPSA) is 159 Å². The number of hydrogen-bond acceptors (Lipinski definition) is 7. The summed E-state index contributed by atoms with van der Waals surface area (Å²) in [6.07, 6.45) is 3.95. The van der Waals surface area contributed by atoms with Crippen LogP contribution in [0.2, 0.25) is 0 Å². The van der Waals surface area contributed by atoms with Crippen molar-refractivity contribution in [2.24, 2.45) is 5.41 Å². The minimum atomic E-state index is -2.74. The Morgan fingerprint density at radius 1 is 0.949 bits per heavy atom. The van der Waals surface area contributed by atoms with Gasteiger partial charge in [-0.15, -0.1) is 0 Å². The fourth-order valence-corrected chi connectivity index (χ4v) is 6.44. The Bertz CT molecular complexity index is 1010. The first-order valence-electron chi connectivity index (χ1n) is 13.5. The quantitative estimate of drug-likeness (QED) is 0.292. The molecular weight excluding hydrogens is 511 g/mol. The second-order valence-corrected chi connectivity index (χ2v) is 12.1. The van der Waals surface area contributed by atoms with Crippen LogP contribution in [0.5, 0.6) is 0 Å². The van der Waals surface area contributed by atoms with Gasteiger partial charge in [-0.2, -0.15) is 0 Å². The van der Waals surface area contributed by atoms with Crippen molar-refractivity contribution in [1.82, 2.24) is 9.80 Å². The first kappa shape index (κ1) is 30.9. The molecule has 3 aliphatic rings. The highest BCUT2D eigenvalue weighted by atomic mass is 19.1. The lowest BCUT2D eigenvalue weighted by Gasteiger charge is -2.47. The number of likely N-dealkylation sites (tertiary alicyclic amines) is 1. The summed E-state index contributed by atoms with van der Waals surface area (Å²) in [7, 11) is 0. The van der Waals surface area contributed by atoms with Gasteiger partial charge in [0.1, 0.15) is 5.82 Å². The predicted molar refractivity (Wildman–Crippen MR) is 140 cm³/mol. The van der Waals surface area contributed by atoms with Gasteiger partial charge in [-0.25, -0.2) is 9.18 Å². The average Bonchev–Trinajstić information content (AvgIpc) is 3.38. The number of benzene rings is 1. The Hall–Kier alpha value is -2.60. The van der Waals surface area contributed by atoms with E-state index in [-0.39, 0.29) is 11.2 Å². The third kappa shape index (κ3) is 7.97. The lowest BCUT2D eigenvalue weighted by molar-refractivity contribution is -0.170. The molecule has 4 rings (SSSR count). The summed E-state index contributed by atoms with van der Waals surface area (Å²) < 4.78 is 14.3. The maximum Gasteiger partial charge on any atom is 0.336 e. The molecular formula is C28H41FN2O8. The van der Waals surface area contributed by atoms with Crippen LogP contribution in [0.1, 0.15) is 70.8 Å². The summed E-state index contributed by atoms with van der Waals surface area (Å²) in [4.78, 5) is 35.7. The van der Waals surface area contributed by atoms with E-state index in [9.17, 15) is 23.9 Å². The molecule has 2 unspecified atom stereocenters. The number of hydrogen-bond donors (Lipinski definition) is 5. The van der Waals surface area contributed by atoms with Crippen LogP contribution in [-0.2, 0) is 20.0 Å². The smallest absolute Gasteiger partial charge is 0.336 e. The number of nitrogens with zero attached hydrogens (tertiary/aromatic N) is 2.